The van der Waals surface area contributed by atoms with E-state index in [2.05, 4.69) is 20.5 Å². The van der Waals surface area contributed by atoms with E-state index in [1.807, 2.05) is 48.0 Å². The van der Waals surface area contributed by atoms with Crippen molar-refractivity contribution in [2.75, 3.05) is 11.1 Å². The molecule has 23 heavy (non-hydrogen) atoms. The summed E-state index contributed by atoms with van der Waals surface area (Å²) in [6.45, 7) is 0. The molecule has 0 atom stereocenters. The highest BCUT2D eigenvalue weighted by molar-refractivity contribution is 8.00. The lowest BCUT2D eigenvalue weighted by molar-refractivity contribution is -0.113. The predicted octanol–water partition coefficient (Wildman–Crippen LogP) is 2.61. The van der Waals surface area contributed by atoms with Gasteiger partial charge in [-0.2, -0.15) is 0 Å². The molecule has 0 spiro atoms. The van der Waals surface area contributed by atoms with Gasteiger partial charge in [-0.15, -0.1) is 22.0 Å². The number of pyridine rings is 1. The molecule has 0 aliphatic heterocycles. The fourth-order valence-electron chi connectivity index (χ4n) is 2.06. The van der Waals surface area contributed by atoms with Crippen LogP contribution in [0.1, 0.15) is 0 Å². The van der Waals surface area contributed by atoms with Gasteiger partial charge >= 0.3 is 0 Å². The summed E-state index contributed by atoms with van der Waals surface area (Å²) in [6, 6.07) is 11.3. The molecule has 2 heterocycles. The molecule has 0 saturated carbocycles. The van der Waals surface area contributed by atoms with Crippen LogP contribution in [0.5, 0.6) is 0 Å². The molecule has 0 bridgehead atoms. The van der Waals surface area contributed by atoms with Gasteiger partial charge < -0.3 is 9.88 Å². The molecule has 0 aliphatic rings. The maximum atomic E-state index is 12.1. The van der Waals surface area contributed by atoms with E-state index in [0.29, 0.717) is 5.75 Å². The summed E-state index contributed by atoms with van der Waals surface area (Å²) in [4.78, 5) is 17.0. The first-order chi connectivity index (χ1) is 11.2. The van der Waals surface area contributed by atoms with E-state index in [-0.39, 0.29) is 5.91 Å². The Labute approximate surface area is 138 Å². The van der Waals surface area contributed by atoms with Crippen LogP contribution in [0.3, 0.4) is 0 Å². The summed E-state index contributed by atoms with van der Waals surface area (Å²) in [5.74, 6) is 1.05. The van der Waals surface area contributed by atoms with Crippen molar-refractivity contribution in [3.8, 4) is 11.4 Å². The van der Waals surface area contributed by atoms with E-state index < -0.39 is 0 Å². The van der Waals surface area contributed by atoms with Crippen molar-refractivity contribution in [3.05, 3.63) is 55.1 Å². The van der Waals surface area contributed by atoms with E-state index >= 15 is 0 Å². The van der Waals surface area contributed by atoms with Crippen LogP contribution < -0.4 is 5.32 Å². The lowest BCUT2D eigenvalue weighted by Crippen LogP contribution is -2.14. The number of nitrogens with zero attached hydrogens (tertiary/aromatic N) is 4. The Kier molecular flexibility index (Phi) is 4.68. The highest BCUT2D eigenvalue weighted by Gasteiger charge is 2.07. The molecule has 0 aliphatic carbocycles. The molecule has 1 amide bonds. The second kappa shape index (κ2) is 7.06. The molecule has 0 unspecified atom stereocenters. The molecule has 1 aromatic carbocycles. The smallest absolute Gasteiger partial charge is 0.234 e. The number of thioether (sulfide) groups is 1. The summed E-state index contributed by atoms with van der Waals surface area (Å²) < 4.78 is 1.83. The third-order valence-electron chi connectivity index (χ3n) is 3.14. The largest absolute Gasteiger partial charge is 0.325 e. The van der Waals surface area contributed by atoms with Crippen LogP contribution in [-0.2, 0) is 11.8 Å². The topological polar surface area (TPSA) is 72.7 Å². The fraction of sp³-hybridized carbons (Fsp3) is 0.125. The van der Waals surface area contributed by atoms with Crippen LogP contribution in [0.25, 0.3) is 11.4 Å². The molecule has 0 saturated heterocycles. The third-order valence-corrected chi connectivity index (χ3v) is 4.15. The maximum absolute atomic E-state index is 12.1. The first-order valence-electron chi connectivity index (χ1n) is 6.99. The Morgan fingerprint density at radius 3 is 2.83 bits per heavy atom. The van der Waals surface area contributed by atoms with Crippen LogP contribution in [0.4, 0.5) is 5.69 Å². The summed E-state index contributed by atoms with van der Waals surface area (Å²) >= 11 is 1.47. The zero-order chi connectivity index (χ0) is 16.1. The number of rotatable bonds is 5. The number of hydrogen-bond acceptors (Lipinski definition) is 5. The minimum Gasteiger partial charge on any atom is -0.325 e. The van der Waals surface area contributed by atoms with Crippen LogP contribution >= 0.6 is 11.8 Å². The van der Waals surface area contributed by atoms with Gasteiger partial charge in [0.2, 0.25) is 5.91 Å². The zero-order valence-electron chi connectivity index (χ0n) is 12.5. The Balaban J connectivity index is 1.64. The predicted molar refractivity (Wildman–Crippen MR) is 90.0 cm³/mol. The highest BCUT2D eigenvalue weighted by atomic mass is 32.2. The second-order valence-electron chi connectivity index (χ2n) is 4.87. The summed E-state index contributed by atoms with van der Waals surface area (Å²) in [6.07, 6.45) is 5.07. The molecular weight excluding hydrogens is 310 g/mol. The highest BCUT2D eigenvalue weighted by Crippen LogP contribution is 2.21. The van der Waals surface area contributed by atoms with Crippen molar-refractivity contribution >= 4 is 23.4 Å². The fourth-order valence-corrected chi connectivity index (χ4v) is 2.75. The number of aryl methyl sites for hydroxylation is 1. The molecule has 3 aromatic rings. The normalized spacial score (nSPS) is 10.5. The van der Waals surface area contributed by atoms with Gasteiger partial charge in [-0.05, 0) is 24.3 Å². The first kappa shape index (κ1) is 15.2. The number of nitrogens with one attached hydrogen (secondary N) is 1. The molecule has 1 N–H and O–H groups in total. The van der Waals surface area contributed by atoms with Gasteiger partial charge in [-0.25, -0.2) is 0 Å². The van der Waals surface area contributed by atoms with Gasteiger partial charge in [0.15, 0.2) is 5.82 Å². The molecular formula is C16H15N5OS. The number of hydrogen-bond donors (Lipinski definition) is 1. The van der Waals surface area contributed by atoms with E-state index in [4.69, 9.17) is 0 Å². The lowest BCUT2D eigenvalue weighted by Gasteiger charge is -2.07. The van der Waals surface area contributed by atoms with Crippen LogP contribution in [-0.4, -0.2) is 31.4 Å². The Morgan fingerprint density at radius 1 is 1.26 bits per heavy atom. The van der Waals surface area contributed by atoms with Gasteiger partial charge in [-0.3, -0.25) is 9.78 Å². The van der Waals surface area contributed by atoms with Crippen molar-refractivity contribution in [3.63, 3.8) is 0 Å². The monoisotopic (exact) mass is 325 g/mol. The van der Waals surface area contributed by atoms with Gasteiger partial charge in [0.25, 0.3) is 0 Å². The molecule has 6 nitrogen and oxygen atoms in total. The SMILES string of the molecule is Cn1cnnc1-c1cccc(NC(=O)CSc2ccncc2)c1. The number of aromatic nitrogens is 4. The maximum Gasteiger partial charge on any atom is 0.234 e. The van der Waals surface area contributed by atoms with Crippen molar-refractivity contribution in [1.82, 2.24) is 19.7 Å². The van der Waals surface area contributed by atoms with Crippen LogP contribution in [0.15, 0.2) is 60.0 Å². The van der Waals surface area contributed by atoms with Crippen molar-refractivity contribution < 1.29 is 4.79 Å². The number of carbonyl (C=O) groups is 1. The molecule has 116 valence electrons. The summed E-state index contributed by atoms with van der Waals surface area (Å²) in [5.41, 5.74) is 1.65. The van der Waals surface area contributed by atoms with Gasteiger partial charge in [0, 0.05) is 35.6 Å². The molecule has 3 rings (SSSR count). The first-order valence-corrected chi connectivity index (χ1v) is 7.98. The Bertz CT molecular complexity index is 803. The standard InChI is InChI=1S/C16H15N5OS/c1-21-11-18-20-16(21)12-3-2-4-13(9-12)19-15(22)10-23-14-5-7-17-8-6-14/h2-9,11H,10H2,1H3,(H,19,22). The van der Waals surface area contributed by atoms with Crippen molar-refractivity contribution in [2.24, 2.45) is 7.05 Å². The summed E-state index contributed by atoms with van der Waals surface area (Å²) in [5, 5.41) is 10.8. The van der Waals surface area contributed by atoms with Crippen LogP contribution in [0, 0.1) is 0 Å². The molecule has 0 radical (unpaired) electrons. The minimum atomic E-state index is -0.0538. The second-order valence-corrected chi connectivity index (χ2v) is 5.91. The lowest BCUT2D eigenvalue weighted by atomic mass is 10.2. The third kappa shape index (κ3) is 3.95. The van der Waals surface area contributed by atoms with Crippen molar-refractivity contribution in [1.29, 1.82) is 0 Å². The Hall–Kier alpha value is -2.67. The average molecular weight is 325 g/mol. The van der Waals surface area contributed by atoms with E-state index in [1.54, 1.807) is 18.7 Å². The Morgan fingerprint density at radius 2 is 2.09 bits per heavy atom. The number of benzene rings is 1. The van der Waals surface area contributed by atoms with Gasteiger partial charge in [-0.1, -0.05) is 12.1 Å². The summed E-state index contributed by atoms with van der Waals surface area (Å²) in [7, 11) is 1.88. The molecule has 0 fully saturated rings. The van der Waals surface area contributed by atoms with Crippen LogP contribution in [0.2, 0.25) is 0 Å². The number of carbonyl (C=O) groups excluding carboxylic acids is 1. The van der Waals surface area contributed by atoms with Gasteiger partial charge in [0.1, 0.15) is 6.33 Å². The quantitative estimate of drug-likeness (QED) is 0.730. The number of amides is 1. The van der Waals surface area contributed by atoms with E-state index in [1.165, 1.54) is 11.8 Å². The number of anilines is 1. The molecule has 7 heteroatoms. The zero-order valence-corrected chi connectivity index (χ0v) is 13.3. The van der Waals surface area contributed by atoms with E-state index in [0.717, 1.165) is 22.0 Å². The average Bonchev–Trinajstić information content (AvgIpc) is 3.00. The van der Waals surface area contributed by atoms with Gasteiger partial charge in [0.05, 0.1) is 5.75 Å². The minimum absolute atomic E-state index is 0.0538. The molecule has 2 aromatic heterocycles. The van der Waals surface area contributed by atoms with E-state index in [9.17, 15) is 4.79 Å². The van der Waals surface area contributed by atoms with Crippen molar-refractivity contribution in [2.45, 2.75) is 4.90 Å².